The molecule has 0 aliphatic carbocycles. The monoisotopic (exact) mass is 446 g/mol. The average Bonchev–Trinajstić information content (AvgIpc) is 3.38. The van der Waals surface area contributed by atoms with Gasteiger partial charge in [-0.25, -0.2) is 9.38 Å². The number of nitro benzene ring substituents is 1. The number of benzene rings is 2. The van der Waals surface area contributed by atoms with Crippen molar-refractivity contribution in [3.8, 4) is 11.4 Å². The minimum atomic E-state index is -0.431. The summed E-state index contributed by atoms with van der Waals surface area (Å²) in [4.78, 5) is 29.2. The van der Waals surface area contributed by atoms with Gasteiger partial charge in [0.1, 0.15) is 5.75 Å². The Balaban J connectivity index is 1.70. The fourth-order valence-corrected chi connectivity index (χ4v) is 5.00. The van der Waals surface area contributed by atoms with Crippen LogP contribution in [0.15, 0.2) is 53.3 Å². The average molecular weight is 446 g/mol. The lowest BCUT2D eigenvalue weighted by molar-refractivity contribution is -0.384. The van der Waals surface area contributed by atoms with E-state index in [1.165, 1.54) is 30.6 Å². The van der Waals surface area contributed by atoms with Gasteiger partial charge in [0.2, 0.25) is 0 Å². The first-order valence-corrected chi connectivity index (χ1v) is 10.6. The quantitative estimate of drug-likeness (QED) is 0.309. The van der Waals surface area contributed by atoms with Gasteiger partial charge in [-0.2, -0.15) is 0 Å². The van der Waals surface area contributed by atoms with Crippen LogP contribution in [0.1, 0.15) is 17.0 Å². The lowest BCUT2D eigenvalue weighted by Gasteiger charge is -2.13. The van der Waals surface area contributed by atoms with Gasteiger partial charge in [-0.15, -0.1) is 0 Å². The fourth-order valence-electron chi connectivity index (χ4n) is 4.02. The van der Waals surface area contributed by atoms with Crippen molar-refractivity contribution in [3.05, 3.63) is 90.5 Å². The number of methoxy groups -OCH3 is 1. The SMILES string of the molecule is COc1ccc([N+](=O)[O-])cc1-n1c(C)cc(/C=c2\sc3nc4ccccc4n3c2=O)c1C. The number of aryl methyl sites for hydroxylation is 1. The molecule has 0 saturated carbocycles. The van der Waals surface area contributed by atoms with Gasteiger partial charge in [-0.05, 0) is 49.8 Å². The zero-order valence-electron chi connectivity index (χ0n) is 17.5. The Bertz CT molecular complexity index is 1640. The highest BCUT2D eigenvalue weighted by Crippen LogP contribution is 2.31. The van der Waals surface area contributed by atoms with Gasteiger partial charge in [-0.3, -0.25) is 14.9 Å². The van der Waals surface area contributed by atoms with E-state index in [9.17, 15) is 14.9 Å². The van der Waals surface area contributed by atoms with Crippen LogP contribution in [0, 0.1) is 24.0 Å². The third-order valence-corrected chi connectivity index (χ3v) is 6.48. The second-order valence-electron chi connectivity index (χ2n) is 7.41. The number of para-hydroxylation sites is 2. The third-order valence-electron chi connectivity index (χ3n) is 5.52. The molecule has 0 aliphatic rings. The molecule has 9 heteroatoms. The maximum absolute atomic E-state index is 13.1. The van der Waals surface area contributed by atoms with Crippen LogP contribution in [0.25, 0.3) is 27.8 Å². The predicted octanol–water partition coefficient (Wildman–Crippen LogP) is 3.78. The van der Waals surface area contributed by atoms with Crippen LogP contribution in [0.2, 0.25) is 0 Å². The van der Waals surface area contributed by atoms with Gasteiger partial charge in [0, 0.05) is 23.5 Å². The Morgan fingerprint density at radius 1 is 1.16 bits per heavy atom. The number of hydrogen-bond donors (Lipinski definition) is 0. The molecule has 0 amide bonds. The van der Waals surface area contributed by atoms with Gasteiger partial charge in [0.25, 0.3) is 11.2 Å². The molecule has 0 radical (unpaired) electrons. The molecule has 0 fully saturated rings. The smallest absolute Gasteiger partial charge is 0.274 e. The molecule has 0 aliphatic heterocycles. The maximum Gasteiger partial charge on any atom is 0.274 e. The van der Waals surface area contributed by atoms with Crippen LogP contribution in [0.5, 0.6) is 5.75 Å². The molecule has 160 valence electrons. The van der Waals surface area contributed by atoms with E-state index in [0.717, 1.165) is 28.0 Å². The molecule has 0 N–H and O–H groups in total. The van der Waals surface area contributed by atoms with Crippen LogP contribution in [0.3, 0.4) is 0 Å². The zero-order chi connectivity index (χ0) is 22.6. The summed E-state index contributed by atoms with van der Waals surface area (Å²) in [5, 5.41) is 11.3. The molecule has 0 spiro atoms. The van der Waals surface area contributed by atoms with E-state index in [4.69, 9.17) is 4.74 Å². The van der Waals surface area contributed by atoms with Crippen molar-refractivity contribution in [2.45, 2.75) is 13.8 Å². The van der Waals surface area contributed by atoms with Gasteiger partial charge < -0.3 is 9.30 Å². The lowest BCUT2D eigenvalue weighted by Crippen LogP contribution is -2.22. The Morgan fingerprint density at radius 2 is 1.94 bits per heavy atom. The molecule has 3 heterocycles. The summed E-state index contributed by atoms with van der Waals surface area (Å²) in [5.74, 6) is 0.523. The van der Waals surface area contributed by atoms with Crippen molar-refractivity contribution in [1.29, 1.82) is 0 Å². The molecule has 0 saturated heterocycles. The molecule has 5 rings (SSSR count). The first-order chi connectivity index (χ1) is 15.4. The second-order valence-corrected chi connectivity index (χ2v) is 8.42. The molecule has 2 aromatic carbocycles. The highest BCUT2D eigenvalue weighted by Gasteiger charge is 2.18. The van der Waals surface area contributed by atoms with E-state index < -0.39 is 4.92 Å². The summed E-state index contributed by atoms with van der Waals surface area (Å²) in [5.41, 5.74) is 4.58. The van der Waals surface area contributed by atoms with E-state index in [1.807, 2.05) is 54.8 Å². The van der Waals surface area contributed by atoms with Gasteiger partial charge in [-0.1, -0.05) is 23.5 Å². The van der Waals surface area contributed by atoms with E-state index in [0.29, 0.717) is 20.9 Å². The Morgan fingerprint density at radius 3 is 2.69 bits per heavy atom. The molecule has 5 aromatic rings. The summed E-state index contributed by atoms with van der Waals surface area (Å²) in [6, 6.07) is 14.0. The van der Waals surface area contributed by atoms with Gasteiger partial charge in [0.05, 0.1) is 33.3 Å². The summed E-state index contributed by atoms with van der Waals surface area (Å²) < 4.78 is 9.55. The number of hydrogen-bond acceptors (Lipinski definition) is 6. The summed E-state index contributed by atoms with van der Waals surface area (Å²) in [6.45, 7) is 3.82. The highest BCUT2D eigenvalue weighted by atomic mass is 32.1. The van der Waals surface area contributed by atoms with Crippen molar-refractivity contribution < 1.29 is 9.66 Å². The highest BCUT2D eigenvalue weighted by molar-refractivity contribution is 7.15. The van der Waals surface area contributed by atoms with E-state index in [1.54, 1.807) is 10.5 Å². The number of aromatic nitrogens is 3. The number of rotatable bonds is 4. The number of fused-ring (bicyclic) bond motifs is 3. The molecule has 0 unspecified atom stereocenters. The molecule has 32 heavy (non-hydrogen) atoms. The Hall–Kier alpha value is -3.98. The second kappa shape index (κ2) is 7.31. The normalized spacial score (nSPS) is 12.2. The minimum Gasteiger partial charge on any atom is -0.495 e. The number of imidazole rings is 1. The van der Waals surface area contributed by atoms with Crippen molar-refractivity contribution in [1.82, 2.24) is 14.0 Å². The molecule has 0 bridgehead atoms. The topological polar surface area (TPSA) is 91.7 Å². The van der Waals surface area contributed by atoms with Gasteiger partial charge >= 0.3 is 0 Å². The van der Waals surface area contributed by atoms with Crippen LogP contribution >= 0.6 is 11.3 Å². The minimum absolute atomic E-state index is 0.0213. The summed E-state index contributed by atoms with van der Waals surface area (Å²) in [7, 11) is 1.53. The van der Waals surface area contributed by atoms with E-state index >= 15 is 0 Å². The van der Waals surface area contributed by atoms with E-state index in [-0.39, 0.29) is 11.2 Å². The summed E-state index contributed by atoms with van der Waals surface area (Å²) in [6.07, 6.45) is 1.85. The number of thiazole rings is 1. The number of ether oxygens (including phenoxy) is 1. The first-order valence-electron chi connectivity index (χ1n) is 9.82. The Kier molecular flexibility index (Phi) is 4.56. The number of non-ortho nitro benzene ring substituents is 1. The standard InChI is InChI=1S/C23H18N4O4S/c1-13-10-15(14(2)25(13)19-12-16(27(29)30)8-9-20(19)31-3)11-21-22(28)26-18-7-5-4-6-17(18)24-23(26)32-21/h4-12H,1-3H3/b21-11-. The maximum atomic E-state index is 13.1. The number of nitrogens with zero attached hydrogens (tertiary/aromatic N) is 4. The van der Waals surface area contributed by atoms with Crippen molar-refractivity contribution in [2.75, 3.05) is 7.11 Å². The molecule has 8 nitrogen and oxygen atoms in total. The summed E-state index contributed by atoms with van der Waals surface area (Å²) >= 11 is 1.34. The van der Waals surface area contributed by atoms with Crippen LogP contribution in [0.4, 0.5) is 5.69 Å². The van der Waals surface area contributed by atoms with Crippen LogP contribution < -0.4 is 14.8 Å². The van der Waals surface area contributed by atoms with Crippen molar-refractivity contribution >= 4 is 39.1 Å². The first kappa shape index (κ1) is 20.0. The van der Waals surface area contributed by atoms with E-state index in [2.05, 4.69) is 4.98 Å². The zero-order valence-corrected chi connectivity index (χ0v) is 18.3. The third kappa shape index (κ3) is 2.97. The van der Waals surface area contributed by atoms with Crippen LogP contribution in [-0.2, 0) is 0 Å². The Labute approximate surface area is 185 Å². The molecule has 0 atom stereocenters. The van der Waals surface area contributed by atoms with Crippen molar-refractivity contribution in [3.63, 3.8) is 0 Å². The molecular formula is C23H18N4O4S. The molecular weight excluding hydrogens is 428 g/mol. The predicted molar refractivity (Wildman–Crippen MR) is 124 cm³/mol. The van der Waals surface area contributed by atoms with Crippen molar-refractivity contribution in [2.24, 2.45) is 0 Å². The van der Waals surface area contributed by atoms with Crippen LogP contribution in [-0.4, -0.2) is 26.0 Å². The molecule has 3 aromatic heterocycles. The largest absolute Gasteiger partial charge is 0.495 e. The fraction of sp³-hybridized carbons (Fsp3) is 0.130. The lowest BCUT2D eigenvalue weighted by atomic mass is 10.2. The number of nitro groups is 1. The van der Waals surface area contributed by atoms with Gasteiger partial charge in [0.15, 0.2) is 4.96 Å².